The van der Waals surface area contributed by atoms with E-state index in [0.717, 1.165) is 28.5 Å². The Labute approximate surface area is 176 Å². The second-order valence-corrected chi connectivity index (χ2v) is 8.21. The number of aliphatic hydroxyl groups excluding tert-OH is 1. The molecule has 2 aromatic rings. The van der Waals surface area contributed by atoms with Crippen LogP contribution in [-0.2, 0) is 9.53 Å². The van der Waals surface area contributed by atoms with E-state index in [-0.39, 0.29) is 11.7 Å². The summed E-state index contributed by atoms with van der Waals surface area (Å²) in [4.78, 5) is 13.3. The fourth-order valence-corrected chi connectivity index (χ4v) is 4.35. The van der Waals surface area contributed by atoms with Gasteiger partial charge < -0.3 is 14.9 Å². The molecule has 4 nitrogen and oxygen atoms in total. The number of hydrogen-bond acceptors (Lipinski definition) is 4. The van der Waals surface area contributed by atoms with Gasteiger partial charge in [-0.25, -0.2) is 0 Å². The molecule has 1 fully saturated rings. The summed E-state index contributed by atoms with van der Waals surface area (Å²) >= 11 is 6.01. The molecule has 2 aromatic carbocycles. The lowest BCUT2D eigenvalue weighted by Gasteiger charge is -2.35. The summed E-state index contributed by atoms with van der Waals surface area (Å²) < 4.78 is 5.35. The summed E-state index contributed by atoms with van der Waals surface area (Å²) in [5.74, 6) is -0.436. The Bertz CT molecular complexity index is 923. The first kappa shape index (κ1) is 21.6. The summed E-state index contributed by atoms with van der Waals surface area (Å²) in [6, 6.07) is 11.4. The van der Waals surface area contributed by atoms with E-state index < -0.39 is 11.4 Å². The van der Waals surface area contributed by atoms with Gasteiger partial charge in [0.15, 0.2) is 5.78 Å². The van der Waals surface area contributed by atoms with E-state index in [1.165, 1.54) is 0 Å². The minimum absolute atomic E-state index is 0.0568. The number of ether oxygens (including phenoxy) is 1. The predicted molar refractivity (Wildman–Crippen MR) is 116 cm³/mol. The molecule has 0 aliphatic heterocycles. The zero-order valence-electron chi connectivity index (χ0n) is 17.0. The highest BCUT2D eigenvalue weighted by Crippen LogP contribution is 2.38. The summed E-state index contributed by atoms with van der Waals surface area (Å²) in [6.07, 6.45) is 2.75. The van der Waals surface area contributed by atoms with E-state index >= 15 is 0 Å². The third kappa shape index (κ3) is 4.25. The number of rotatable bonds is 5. The number of aliphatic hydroxyl groups is 2. The average Bonchev–Trinajstić information content (AvgIpc) is 2.72. The highest BCUT2D eigenvalue weighted by Gasteiger charge is 2.42. The number of Topliss-reactive ketones (excluding diaryl/α,β-unsaturated/α-hetero) is 1. The van der Waals surface area contributed by atoms with E-state index in [9.17, 15) is 15.0 Å². The molecule has 0 spiro atoms. The van der Waals surface area contributed by atoms with Gasteiger partial charge in [-0.3, -0.25) is 4.79 Å². The molecule has 1 saturated carbocycles. The van der Waals surface area contributed by atoms with Crippen molar-refractivity contribution in [3.8, 4) is 11.1 Å². The summed E-state index contributed by atoms with van der Waals surface area (Å²) in [5, 5.41) is 21.7. The van der Waals surface area contributed by atoms with Crippen LogP contribution in [0.4, 0.5) is 0 Å². The molecule has 0 atom stereocenters. The number of hydrogen-bond donors (Lipinski definition) is 2. The van der Waals surface area contributed by atoms with Gasteiger partial charge in [-0.15, -0.1) is 0 Å². The maximum absolute atomic E-state index is 13.3. The predicted octanol–water partition coefficient (Wildman–Crippen LogP) is 5.41. The normalized spacial score (nSPS) is 22.5. The van der Waals surface area contributed by atoms with E-state index in [0.29, 0.717) is 36.3 Å². The maximum Gasteiger partial charge on any atom is 0.198 e. The fourth-order valence-electron chi connectivity index (χ4n) is 4.22. The van der Waals surface area contributed by atoms with Crippen LogP contribution in [0.25, 0.3) is 16.7 Å². The molecule has 1 aliphatic rings. The molecule has 0 heterocycles. The topological polar surface area (TPSA) is 66.8 Å². The Morgan fingerprint density at radius 1 is 1.14 bits per heavy atom. The Morgan fingerprint density at radius 2 is 1.76 bits per heavy atom. The van der Waals surface area contributed by atoms with E-state index in [4.69, 9.17) is 16.3 Å². The fraction of sp³-hybridized carbons (Fsp3) is 0.375. The first-order valence-electron chi connectivity index (χ1n) is 9.81. The molecule has 154 valence electrons. The van der Waals surface area contributed by atoms with Crippen molar-refractivity contribution in [2.45, 2.75) is 51.2 Å². The molecule has 0 bridgehead atoms. The summed E-state index contributed by atoms with van der Waals surface area (Å²) in [6.45, 7) is 3.82. The van der Waals surface area contributed by atoms with E-state index in [1.807, 2.05) is 50.2 Å². The molecule has 29 heavy (non-hydrogen) atoms. The largest absolute Gasteiger partial charge is 0.515 e. The number of methoxy groups -OCH3 is 1. The van der Waals surface area contributed by atoms with Crippen molar-refractivity contribution in [2.24, 2.45) is 0 Å². The smallest absolute Gasteiger partial charge is 0.198 e. The molecule has 2 N–H and O–H groups in total. The molecule has 0 aromatic heterocycles. The lowest BCUT2D eigenvalue weighted by atomic mass is 9.76. The van der Waals surface area contributed by atoms with Gasteiger partial charge in [0.2, 0.25) is 0 Å². The monoisotopic (exact) mass is 414 g/mol. The van der Waals surface area contributed by atoms with Crippen LogP contribution in [-0.4, -0.2) is 34.8 Å². The van der Waals surface area contributed by atoms with Crippen molar-refractivity contribution in [3.05, 3.63) is 64.4 Å². The van der Waals surface area contributed by atoms with E-state index in [2.05, 4.69) is 0 Å². The van der Waals surface area contributed by atoms with Crippen molar-refractivity contribution in [2.75, 3.05) is 7.11 Å². The second kappa shape index (κ2) is 8.70. The van der Waals surface area contributed by atoms with Crippen LogP contribution in [0.2, 0.25) is 5.02 Å². The van der Waals surface area contributed by atoms with Gasteiger partial charge in [-0.2, -0.15) is 0 Å². The number of ketones is 1. The zero-order valence-corrected chi connectivity index (χ0v) is 17.8. The van der Waals surface area contributed by atoms with Crippen LogP contribution in [0.1, 0.15) is 42.4 Å². The Morgan fingerprint density at radius 3 is 2.31 bits per heavy atom. The third-order valence-electron chi connectivity index (χ3n) is 5.99. The van der Waals surface area contributed by atoms with Gasteiger partial charge in [-0.05, 0) is 79.5 Å². The molecule has 5 heteroatoms. The van der Waals surface area contributed by atoms with Crippen LogP contribution >= 0.6 is 11.6 Å². The number of benzene rings is 2. The number of carbonyl (C=O) groups is 1. The Hall–Kier alpha value is -2.14. The highest BCUT2D eigenvalue weighted by molar-refractivity contribution is 6.30. The molecule has 1 aliphatic carbocycles. The van der Waals surface area contributed by atoms with Gasteiger partial charge in [0.1, 0.15) is 5.60 Å². The zero-order chi connectivity index (χ0) is 21.2. The van der Waals surface area contributed by atoms with Crippen molar-refractivity contribution in [1.29, 1.82) is 0 Å². The van der Waals surface area contributed by atoms with Crippen molar-refractivity contribution < 1.29 is 19.7 Å². The second-order valence-electron chi connectivity index (χ2n) is 7.78. The highest BCUT2D eigenvalue weighted by atomic mass is 35.5. The molecule has 0 radical (unpaired) electrons. The number of aryl methyl sites for hydroxylation is 1. The third-order valence-corrected chi connectivity index (χ3v) is 6.24. The van der Waals surface area contributed by atoms with Gasteiger partial charge >= 0.3 is 0 Å². The van der Waals surface area contributed by atoms with Gasteiger partial charge in [-0.1, -0.05) is 35.9 Å². The first-order chi connectivity index (χ1) is 13.8. The SMILES string of the molecule is COC1CCC(O)(C(=O)C(=CO)c2c(C)ccc(-c3ccc(Cl)cc3)c2C)CC1. The number of halogens is 1. The lowest BCUT2D eigenvalue weighted by molar-refractivity contribution is -0.137. The molecule has 0 saturated heterocycles. The van der Waals surface area contributed by atoms with Gasteiger partial charge in [0.05, 0.1) is 17.9 Å². The van der Waals surface area contributed by atoms with Gasteiger partial charge in [0, 0.05) is 12.1 Å². The molecule has 0 amide bonds. The van der Waals surface area contributed by atoms with Gasteiger partial charge in [0.25, 0.3) is 0 Å². The minimum atomic E-state index is -1.49. The summed E-state index contributed by atoms with van der Waals surface area (Å²) in [5.41, 5.74) is 2.97. The van der Waals surface area contributed by atoms with Crippen LogP contribution in [0, 0.1) is 13.8 Å². The van der Waals surface area contributed by atoms with Crippen LogP contribution < -0.4 is 0 Å². The molecule has 0 unspecified atom stereocenters. The Balaban J connectivity index is 2.01. The number of carbonyl (C=O) groups excluding carboxylic acids is 1. The lowest BCUT2D eigenvalue weighted by Crippen LogP contribution is -2.44. The van der Waals surface area contributed by atoms with Crippen molar-refractivity contribution >= 4 is 23.0 Å². The quantitative estimate of drug-likeness (QED) is 0.507. The maximum atomic E-state index is 13.3. The molecule has 3 rings (SSSR count). The van der Waals surface area contributed by atoms with Crippen molar-refractivity contribution in [3.63, 3.8) is 0 Å². The van der Waals surface area contributed by atoms with Crippen LogP contribution in [0.5, 0.6) is 0 Å². The molecular formula is C24H27ClO4. The van der Waals surface area contributed by atoms with Crippen LogP contribution in [0.15, 0.2) is 42.7 Å². The summed E-state index contributed by atoms with van der Waals surface area (Å²) in [7, 11) is 1.64. The standard InChI is InChI=1S/C24H27ClO4/c1-15-4-9-20(17-5-7-18(25)8-6-17)16(2)22(15)21(14-26)23(27)24(28)12-10-19(29-3)11-13-24/h4-9,14,19,26,28H,10-13H2,1-3H3. The van der Waals surface area contributed by atoms with Crippen LogP contribution in [0.3, 0.4) is 0 Å². The first-order valence-corrected chi connectivity index (χ1v) is 10.2. The Kier molecular flexibility index (Phi) is 6.47. The van der Waals surface area contributed by atoms with E-state index in [1.54, 1.807) is 7.11 Å². The minimum Gasteiger partial charge on any atom is -0.515 e. The average molecular weight is 415 g/mol. The molecular weight excluding hydrogens is 388 g/mol. The van der Waals surface area contributed by atoms with Crippen molar-refractivity contribution in [1.82, 2.24) is 0 Å².